The van der Waals surface area contributed by atoms with E-state index in [4.69, 9.17) is 9.15 Å². The van der Waals surface area contributed by atoms with Gasteiger partial charge >= 0.3 is 0 Å². The van der Waals surface area contributed by atoms with Gasteiger partial charge in [-0.05, 0) is 30.3 Å². The van der Waals surface area contributed by atoms with Crippen LogP contribution in [0.3, 0.4) is 0 Å². The molecule has 88 valence electrons. The van der Waals surface area contributed by atoms with Crippen LogP contribution in [-0.4, -0.2) is 12.9 Å². The molecule has 0 bridgehead atoms. The number of carbonyl (C=O) groups is 1. The van der Waals surface area contributed by atoms with Crippen LogP contribution in [-0.2, 0) is 6.42 Å². The van der Waals surface area contributed by atoms with E-state index in [0.29, 0.717) is 11.3 Å². The number of rotatable bonds is 4. The Bertz CT molecular complexity index is 517. The number of hydrogen-bond acceptors (Lipinski definition) is 3. The van der Waals surface area contributed by atoms with E-state index in [1.54, 1.807) is 12.1 Å². The molecule has 0 atom stereocenters. The Balaban J connectivity index is 2.19. The third-order valence-electron chi connectivity index (χ3n) is 2.39. The number of Topliss-reactive ketones (excluding diaryl/α,β-unsaturated/α-hetero) is 1. The molecule has 0 aliphatic carbocycles. The van der Waals surface area contributed by atoms with Crippen LogP contribution >= 0.6 is 0 Å². The first kappa shape index (κ1) is 11.4. The van der Waals surface area contributed by atoms with Crippen LogP contribution in [0, 0.1) is 5.82 Å². The van der Waals surface area contributed by atoms with Crippen LogP contribution in [0.15, 0.2) is 41.0 Å². The maximum atomic E-state index is 13.2. The van der Waals surface area contributed by atoms with Gasteiger partial charge in [-0.1, -0.05) is 0 Å². The Morgan fingerprint density at radius 3 is 2.88 bits per heavy atom. The van der Waals surface area contributed by atoms with Gasteiger partial charge in [-0.15, -0.1) is 0 Å². The highest BCUT2D eigenvalue weighted by Crippen LogP contribution is 2.19. The van der Waals surface area contributed by atoms with E-state index >= 15 is 0 Å². The zero-order valence-corrected chi connectivity index (χ0v) is 9.27. The van der Waals surface area contributed by atoms with Crippen LogP contribution in [0.1, 0.15) is 16.1 Å². The lowest BCUT2D eigenvalue weighted by molar-refractivity contribution is 0.0986. The van der Waals surface area contributed by atoms with Gasteiger partial charge in [-0.3, -0.25) is 4.79 Å². The number of ether oxygens (including phenoxy) is 1. The van der Waals surface area contributed by atoms with Gasteiger partial charge in [0.1, 0.15) is 5.76 Å². The van der Waals surface area contributed by atoms with E-state index in [-0.39, 0.29) is 18.0 Å². The SMILES string of the molecule is COc1cc(C(=O)Cc2ccco2)ccc1F. The van der Waals surface area contributed by atoms with E-state index in [1.165, 1.54) is 31.6 Å². The number of furan rings is 1. The molecule has 0 radical (unpaired) electrons. The minimum absolute atomic E-state index is 0.0651. The van der Waals surface area contributed by atoms with Crippen molar-refractivity contribution in [1.29, 1.82) is 0 Å². The monoisotopic (exact) mass is 234 g/mol. The largest absolute Gasteiger partial charge is 0.494 e. The fourth-order valence-electron chi connectivity index (χ4n) is 1.51. The summed E-state index contributed by atoms with van der Waals surface area (Å²) in [6.07, 6.45) is 1.66. The minimum atomic E-state index is -0.484. The molecule has 0 aliphatic rings. The molecule has 4 heteroatoms. The van der Waals surface area contributed by atoms with Gasteiger partial charge in [0.25, 0.3) is 0 Å². The fraction of sp³-hybridized carbons (Fsp3) is 0.154. The summed E-state index contributed by atoms with van der Waals surface area (Å²) >= 11 is 0. The van der Waals surface area contributed by atoms with Gasteiger partial charge in [0.15, 0.2) is 17.3 Å². The molecule has 0 fully saturated rings. The zero-order chi connectivity index (χ0) is 12.3. The van der Waals surface area contributed by atoms with Crippen molar-refractivity contribution in [2.75, 3.05) is 7.11 Å². The summed E-state index contributed by atoms with van der Waals surface area (Å²) in [5, 5.41) is 0. The smallest absolute Gasteiger partial charge is 0.170 e. The molecule has 1 aromatic carbocycles. The number of carbonyl (C=O) groups excluding carboxylic acids is 1. The van der Waals surface area contributed by atoms with Crippen molar-refractivity contribution >= 4 is 5.78 Å². The van der Waals surface area contributed by atoms with Crippen molar-refractivity contribution in [2.24, 2.45) is 0 Å². The van der Waals surface area contributed by atoms with Crippen LogP contribution in [0.2, 0.25) is 0 Å². The predicted molar refractivity (Wildman–Crippen MR) is 59.7 cm³/mol. The van der Waals surface area contributed by atoms with Crippen LogP contribution in [0.5, 0.6) is 5.75 Å². The molecule has 0 saturated carbocycles. The molecule has 0 spiro atoms. The van der Waals surface area contributed by atoms with Gasteiger partial charge in [0.05, 0.1) is 19.8 Å². The van der Waals surface area contributed by atoms with Gasteiger partial charge in [0, 0.05) is 5.56 Å². The molecule has 2 rings (SSSR count). The standard InChI is InChI=1S/C13H11FO3/c1-16-13-7-9(4-5-11(13)14)12(15)8-10-3-2-6-17-10/h2-7H,8H2,1H3. The molecule has 2 aromatic rings. The molecule has 0 N–H and O–H groups in total. The van der Waals surface area contributed by atoms with Gasteiger partial charge in [0.2, 0.25) is 0 Å². The summed E-state index contributed by atoms with van der Waals surface area (Å²) in [7, 11) is 1.36. The third-order valence-corrected chi connectivity index (χ3v) is 2.39. The predicted octanol–water partition coefficient (Wildman–Crippen LogP) is 2.85. The second kappa shape index (κ2) is 4.82. The van der Waals surface area contributed by atoms with Crippen molar-refractivity contribution in [3.63, 3.8) is 0 Å². The minimum Gasteiger partial charge on any atom is -0.494 e. The normalized spacial score (nSPS) is 10.2. The van der Waals surface area contributed by atoms with Crippen LogP contribution in [0.4, 0.5) is 4.39 Å². The molecular formula is C13H11FO3. The first-order valence-corrected chi connectivity index (χ1v) is 5.10. The summed E-state index contributed by atoms with van der Waals surface area (Å²) in [6, 6.07) is 7.48. The van der Waals surface area contributed by atoms with E-state index in [2.05, 4.69) is 0 Å². The second-order valence-electron chi connectivity index (χ2n) is 3.53. The van der Waals surface area contributed by atoms with Gasteiger partial charge in [-0.2, -0.15) is 0 Å². The fourth-order valence-corrected chi connectivity index (χ4v) is 1.51. The maximum Gasteiger partial charge on any atom is 0.170 e. The van der Waals surface area contributed by atoms with Crippen molar-refractivity contribution in [2.45, 2.75) is 6.42 Å². The highest BCUT2D eigenvalue weighted by molar-refractivity contribution is 5.97. The molecule has 1 heterocycles. The summed E-state index contributed by atoms with van der Waals surface area (Å²) in [5.74, 6) is 0.0221. The number of hydrogen-bond donors (Lipinski definition) is 0. The third kappa shape index (κ3) is 2.53. The summed E-state index contributed by atoms with van der Waals surface area (Å²) in [5.41, 5.74) is 0.402. The number of ketones is 1. The van der Waals surface area contributed by atoms with Gasteiger partial charge < -0.3 is 9.15 Å². The Kier molecular flexibility index (Phi) is 3.23. The van der Waals surface area contributed by atoms with E-state index < -0.39 is 5.82 Å². The number of halogens is 1. The highest BCUT2D eigenvalue weighted by Gasteiger charge is 2.12. The van der Waals surface area contributed by atoms with Crippen molar-refractivity contribution < 1.29 is 18.3 Å². The van der Waals surface area contributed by atoms with Gasteiger partial charge in [-0.25, -0.2) is 4.39 Å². The summed E-state index contributed by atoms with van der Waals surface area (Å²) in [4.78, 5) is 11.9. The molecule has 0 unspecified atom stereocenters. The Hall–Kier alpha value is -2.10. The Labute approximate surface area is 97.8 Å². The first-order valence-electron chi connectivity index (χ1n) is 5.10. The lowest BCUT2D eigenvalue weighted by Crippen LogP contribution is -2.03. The molecule has 0 amide bonds. The van der Waals surface area contributed by atoms with E-state index in [1.807, 2.05) is 0 Å². The number of methoxy groups -OCH3 is 1. The average Bonchev–Trinajstić information content (AvgIpc) is 2.82. The molecule has 1 aromatic heterocycles. The molecule has 0 saturated heterocycles. The summed E-state index contributed by atoms with van der Waals surface area (Å²) < 4.78 is 23.1. The topological polar surface area (TPSA) is 39.4 Å². The molecular weight excluding hydrogens is 223 g/mol. The number of benzene rings is 1. The lowest BCUT2D eigenvalue weighted by atomic mass is 10.1. The zero-order valence-electron chi connectivity index (χ0n) is 9.27. The van der Waals surface area contributed by atoms with Crippen molar-refractivity contribution in [1.82, 2.24) is 0 Å². The second-order valence-corrected chi connectivity index (χ2v) is 3.53. The lowest BCUT2D eigenvalue weighted by Gasteiger charge is -2.04. The first-order chi connectivity index (χ1) is 8.20. The molecule has 17 heavy (non-hydrogen) atoms. The maximum absolute atomic E-state index is 13.2. The molecule has 3 nitrogen and oxygen atoms in total. The van der Waals surface area contributed by atoms with Crippen LogP contribution < -0.4 is 4.74 Å². The Morgan fingerprint density at radius 2 is 2.24 bits per heavy atom. The van der Waals surface area contributed by atoms with E-state index in [0.717, 1.165) is 0 Å². The van der Waals surface area contributed by atoms with Crippen molar-refractivity contribution in [3.8, 4) is 5.75 Å². The Morgan fingerprint density at radius 1 is 1.41 bits per heavy atom. The van der Waals surface area contributed by atoms with E-state index in [9.17, 15) is 9.18 Å². The highest BCUT2D eigenvalue weighted by atomic mass is 19.1. The average molecular weight is 234 g/mol. The molecule has 0 aliphatic heterocycles. The van der Waals surface area contributed by atoms with Crippen molar-refractivity contribution in [3.05, 3.63) is 53.7 Å². The van der Waals surface area contributed by atoms with Crippen LogP contribution in [0.25, 0.3) is 0 Å². The summed E-state index contributed by atoms with van der Waals surface area (Å²) in [6.45, 7) is 0. The quantitative estimate of drug-likeness (QED) is 0.763.